The number of carbonyl (C=O) groups is 1. The Morgan fingerprint density at radius 1 is 1.23 bits per heavy atom. The highest BCUT2D eigenvalue weighted by atomic mass is 16.5. The predicted octanol–water partition coefficient (Wildman–Crippen LogP) is 1.66. The molecule has 0 bridgehead atoms. The first-order chi connectivity index (χ1) is 6.24. The Morgan fingerprint density at radius 3 is 2.38 bits per heavy atom. The summed E-state index contributed by atoms with van der Waals surface area (Å²) in [4.78, 5) is 10.5. The number of methoxy groups -OCH3 is 2. The molecule has 0 aliphatic heterocycles. The second-order valence-electron chi connectivity index (χ2n) is 2.33. The van der Waals surface area contributed by atoms with Crippen LogP contribution in [0, 0.1) is 0 Å². The van der Waals surface area contributed by atoms with Gasteiger partial charge in [-0.15, -0.1) is 0 Å². The highest BCUT2D eigenvalue weighted by Gasteiger charge is 2.14. The summed E-state index contributed by atoms with van der Waals surface area (Å²) in [7, 11) is 2.82. The lowest BCUT2D eigenvalue weighted by Gasteiger charge is -2.08. The van der Waals surface area contributed by atoms with Gasteiger partial charge in [0, 0.05) is 0 Å². The quantitative estimate of drug-likeness (QED) is 0.666. The number of aldehydes is 1. The minimum atomic E-state index is -0.368. The predicted molar refractivity (Wildman–Crippen MR) is 45.1 cm³/mol. The van der Waals surface area contributed by atoms with Crippen molar-refractivity contribution in [3.63, 3.8) is 0 Å². The maximum atomic E-state index is 11.1. The number of hydrogen-bond donors (Lipinski definition) is 0. The van der Waals surface area contributed by atoms with Gasteiger partial charge in [0.25, 0.3) is 0 Å². The fourth-order valence-corrected chi connectivity index (χ4v) is 1.04. The van der Waals surface area contributed by atoms with Gasteiger partial charge in [-0.3, -0.25) is 9.90 Å². The highest BCUT2D eigenvalue weighted by Crippen LogP contribution is 2.35. The molecule has 0 fully saturated rings. The monoisotopic (exact) mass is 181 g/mol. The van der Waals surface area contributed by atoms with E-state index in [0.29, 0.717) is 12.0 Å². The van der Waals surface area contributed by atoms with Gasteiger partial charge in [-0.05, 0) is 12.1 Å². The van der Waals surface area contributed by atoms with Crippen molar-refractivity contribution in [3.05, 3.63) is 17.7 Å². The van der Waals surface area contributed by atoms with Crippen LogP contribution in [0.15, 0.2) is 12.1 Å². The van der Waals surface area contributed by atoms with Gasteiger partial charge in [0.05, 0.1) is 14.2 Å². The minimum Gasteiger partial charge on any atom is -0.493 e. The van der Waals surface area contributed by atoms with E-state index in [-0.39, 0.29) is 17.1 Å². The Morgan fingerprint density at radius 2 is 1.92 bits per heavy atom. The van der Waals surface area contributed by atoms with E-state index in [4.69, 9.17) is 9.47 Å². The second-order valence-corrected chi connectivity index (χ2v) is 2.33. The second kappa shape index (κ2) is 3.80. The first-order valence-corrected chi connectivity index (χ1v) is 3.61. The summed E-state index contributed by atoms with van der Waals surface area (Å²) in [5.74, 6) is 0.196. The number of rotatable bonds is 3. The number of hydrogen-bond acceptors (Lipinski definition) is 3. The maximum Gasteiger partial charge on any atom is 0.193 e. The largest absolute Gasteiger partial charge is 0.493 e. The van der Waals surface area contributed by atoms with E-state index < -0.39 is 0 Å². The van der Waals surface area contributed by atoms with Crippen molar-refractivity contribution in [2.75, 3.05) is 14.2 Å². The van der Waals surface area contributed by atoms with Crippen LogP contribution in [0.1, 0.15) is 10.4 Å². The molecule has 4 nitrogen and oxygen atoms in total. The summed E-state index contributed by atoms with van der Waals surface area (Å²) < 4.78 is 9.79. The van der Waals surface area contributed by atoms with Crippen LogP contribution in [0.4, 0.5) is 0 Å². The zero-order valence-electron chi connectivity index (χ0n) is 7.37. The summed E-state index contributed by atoms with van der Waals surface area (Å²) in [6.45, 7) is 0. The van der Waals surface area contributed by atoms with E-state index in [1.807, 2.05) is 0 Å². The molecular formula is C9H9O4. The SMILES string of the molecule is COc1ccc([O])c(C=O)c1OC. The van der Waals surface area contributed by atoms with Crippen LogP contribution in [0.3, 0.4) is 0 Å². The summed E-state index contributed by atoms with van der Waals surface area (Å²) in [6, 6.07) is 2.74. The molecule has 1 aromatic carbocycles. The van der Waals surface area contributed by atoms with Gasteiger partial charge >= 0.3 is 0 Å². The van der Waals surface area contributed by atoms with Gasteiger partial charge in [0.1, 0.15) is 5.56 Å². The molecule has 13 heavy (non-hydrogen) atoms. The Bertz CT molecular complexity index is 320. The van der Waals surface area contributed by atoms with Gasteiger partial charge in [0.2, 0.25) is 0 Å². The third-order valence-electron chi connectivity index (χ3n) is 1.66. The summed E-state index contributed by atoms with van der Waals surface area (Å²) in [5.41, 5.74) is -0.0122. The van der Waals surface area contributed by atoms with Crippen LogP contribution in [-0.4, -0.2) is 20.5 Å². The number of ether oxygens (including phenoxy) is 2. The summed E-state index contributed by atoms with van der Waals surface area (Å²) in [6.07, 6.45) is 0.462. The van der Waals surface area contributed by atoms with E-state index in [0.717, 1.165) is 0 Å². The van der Waals surface area contributed by atoms with Crippen molar-refractivity contribution >= 4 is 6.29 Å². The molecule has 1 aromatic rings. The summed E-state index contributed by atoms with van der Waals surface area (Å²) in [5, 5.41) is 11.1. The molecule has 1 radical (unpaired) electrons. The van der Waals surface area contributed by atoms with Crippen molar-refractivity contribution in [2.45, 2.75) is 0 Å². The van der Waals surface area contributed by atoms with E-state index in [1.165, 1.54) is 26.4 Å². The van der Waals surface area contributed by atoms with E-state index >= 15 is 0 Å². The topological polar surface area (TPSA) is 55.4 Å². The molecular weight excluding hydrogens is 172 g/mol. The van der Waals surface area contributed by atoms with E-state index in [2.05, 4.69) is 0 Å². The normalized spacial score (nSPS) is 9.38. The molecule has 0 unspecified atom stereocenters. The molecule has 0 aromatic heterocycles. The molecule has 0 amide bonds. The zero-order chi connectivity index (χ0) is 9.84. The fourth-order valence-electron chi connectivity index (χ4n) is 1.04. The van der Waals surface area contributed by atoms with E-state index in [1.54, 1.807) is 0 Å². The molecule has 0 spiro atoms. The first kappa shape index (κ1) is 9.38. The van der Waals surface area contributed by atoms with Gasteiger partial charge in [-0.1, -0.05) is 0 Å². The Hall–Kier alpha value is -1.71. The first-order valence-electron chi connectivity index (χ1n) is 3.61. The Kier molecular flexibility index (Phi) is 2.74. The Balaban J connectivity index is 3.36. The Labute approximate surface area is 75.7 Å². The smallest absolute Gasteiger partial charge is 0.193 e. The highest BCUT2D eigenvalue weighted by molar-refractivity contribution is 5.85. The van der Waals surface area contributed by atoms with E-state index in [9.17, 15) is 9.90 Å². The van der Waals surface area contributed by atoms with Gasteiger partial charge in [-0.25, -0.2) is 0 Å². The molecule has 0 atom stereocenters. The molecule has 0 aliphatic rings. The van der Waals surface area contributed by atoms with Crippen LogP contribution in [0.25, 0.3) is 0 Å². The molecule has 1 rings (SSSR count). The maximum absolute atomic E-state index is 11.1. The number of benzene rings is 1. The lowest BCUT2D eigenvalue weighted by Crippen LogP contribution is -1.94. The lowest BCUT2D eigenvalue weighted by molar-refractivity contribution is 0.111. The minimum absolute atomic E-state index is 0.0122. The molecule has 69 valence electrons. The molecule has 0 aliphatic carbocycles. The average Bonchev–Trinajstić information content (AvgIpc) is 2.17. The van der Waals surface area contributed by atoms with Crippen LogP contribution in [-0.2, 0) is 5.11 Å². The molecule has 0 saturated carbocycles. The standard InChI is InChI=1S/C9H9O4/c1-12-8-4-3-7(11)6(5-10)9(8)13-2/h3-5H,1-2H3. The average molecular weight is 181 g/mol. The van der Waals surface area contributed by atoms with Crippen molar-refractivity contribution in [2.24, 2.45) is 0 Å². The van der Waals surface area contributed by atoms with Crippen molar-refractivity contribution < 1.29 is 19.4 Å². The number of carbonyl (C=O) groups excluding carboxylic acids is 1. The van der Waals surface area contributed by atoms with Gasteiger partial charge in [0.15, 0.2) is 23.5 Å². The van der Waals surface area contributed by atoms with Crippen LogP contribution in [0.5, 0.6) is 17.2 Å². The van der Waals surface area contributed by atoms with Gasteiger partial charge < -0.3 is 9.47 Å². The van der Waals surface area contributed by atoms with Crippen molar-refractivity contribution in [3.8, 4) is 17.2 Å². The molecule has 0 saturated heterocycles. The molecule has 4 heteroatoms. The van der Waals surface area contributed by atoms with Crippen LogP contribution >= 0.6 is 0 Å². The van der Waals surface area contributed by atoms with Crippen molar-refractivity contribution in [1.29, 1.82) is 0 Å². The van der Waals surface area contributed by atoms with Crippen LogP contribution < -0.4 is 9.47 Å². The van der Waals surface area contributed by atoms with Crippen LogP contribution in [0.2, 0.25) is 0 Å². The third-order valence-corrected chi connectivity index (χ3v) is 1.66. The molecule has 0 heterocycles. The lowest BCUT2D eigenvalue weighted by atomic mass is 10.2. The third kappa shape index (κ3) is 1.56. The molecule has 0 N–H and O–H groups in total. The van der Waals surface area contributed by atoms with Gasteiger partial charge in [-0.2, -0.15) is 0 Å². The summed E-state index contributed by atoms with van der Waals surface area (Å²) >= 11 is 0. The van der Waals surface area contributed by atoms with Crippen molar-refractivity contribution in [1.82, 2.24) is 0 Å². The fraction of sp³-hybridized carbons (Fsp3) is 0.222. The zero-order valence-corrected chi connectivity index (χ0v) is 7.37.